The van der Waals surface area contributed by atoms with Gasteiger partial charge in [-0.3, -0.25) is 0 Å². The molecule has 0 amide bonds. The molecule has 11 aromatic carbocycles. The van der Waals surface area contributed by atoms with Crippen LogP contribution in [0.4, 0.5) is 0 Å². The monoisotopic (exact) mass is 921 g/mol. The van der Waals surface area contributed by atoms with Crippen LogP contribution in [0.15, 0.2) is 251 Å². The van der Waals surface area contributed by atoms with Gasteiger partial charge < -0.3 is 18.5 Å². The minimum Gasteiger partial charge on any atom is -0.456 e. The Kier molecular flexibility index (Phi) is 8.83. The van der Waals surface area contributed by atoms with Crippen molar-refractivity contribution in [3.8, 4) is 22.5 Å². The standard InChI is InChI=1S/C66H43N5O/c1-69-65(47-32-33-57-52(37-47)50-27-12-14-29-56(50)70(57)48-24-6-3-7-25-48)67-64(46-23-16-22-43(35-46)41-17-4-2-5-18-41)68-66(69)55-40-62-53(51-28-13-15-30-61(51)72-62)39-60(55)71-58-34-31-42-19-10-11-26-49(42)63(58)54-36-44-20-8-9-21-45(44)38-59(54)71/h2-40,66H,1H3. The third-order valence-electron chi connectivity index (χ3n) is 14.9. The summed E-state index contributed by atoms with van der Waals surface area (Å²) in [6, 6.07) is 85.0. The molecule has 1 unspecified atom stereocenters. The Morgan fingerprint density at radius 1 is 0.389 bits per heavy atom. The van der Waals surface area contributed by atoms with Crippen LogP contribution in [-0.4, -0.2) is 32.8 Å². The maximum absolute atomic E-state index is 6.79. The summed E-state index contributed by atoms with van der Waals surface area (Å²) in [4.78, 5) is 13.6. The molecule has 4 heterocycles. The zero-order valence-electron chi connectivity index (χ0n) is 39.2. The molecule has 72 heavy (non-hydrogen) atoms. The van der Waals surface area contributed by atoms with Crippen LogP contribution >= 0.6 is 0 Å². The van der Waals surface area contributed by atoms with Crippen molar-refractivity contribution < 1.29 is 4.42 Å². The molecule has 1 aliphatic heterocycles. The Bertz CT molecular complexity index is 4590. The summed E-state index contributed by atoms with van der Waals surface area (Å²) in [5.41, 5.74) is 13.5. The number of aliphatic imine (C=N–C) groups is 2. The molecule has 6 nitrogen and oxygen atoms in total. The normalized spacial score (nSPS) is 14.2. The molecule has 0 bridgehead atoms. The van der Waals surface area contributed by atoms with E-state index in [0.29, 0.717) is 5.84 Å². The SMILES string of the molecule is CN1C(c2ccc3c(c2)c2ccccc2n3-c2ccccc2)=NC(c2cccc(-c3ccccc3)c2)=NC1c1cc2oc3ccccc3c2cc1-n1c2cc3ccccc3cc2c2c3ccccc3ccc21. The lowest BCUT2D eigenvalue weighted by Gasteiger charge is -2.34. The number of aromatic nitrogens is 2. The number of hydrogen-bond acceptors (Lipinski definition) is 4. The quantitative estimate of drug-likeness (QED) is 0.167. The lowest BCUT2D eigenvalue weighted by atomic mass is 10.0. The van der Waals surface area contributed by atoms with Gasteiger partial charge in [-0.15, -0.1) is 0 Å². The van der Waals surface area contributed by atoms with Gasteiger partial charge >= 0.3 is 0 Å². The maximum Gasteiger partial charge on any atom is 0.159 e. The summed E-state index contributed by atoms with van der Waals surface area (Å²) < 4.78 is 11.6. The summed E-state index contributed by atoms with van der Waals surface area (Å²) in [6.45, 7) is 0. The predicted molar refractivity (Wildman–Crippen MR) is 299 cm³/mol. The first kappa shape index (κ1) is 40.4. The topological polar surface area (TPSA) is 51.0 Å². The second kappa shape index (κ2) is 15.8. The Hall–Kier alpha value is -9.52. The molecular weight excluding hydrogens is 879 g/mol. The fourth-order valence-corrected chi connectivity index (χ4v) is 11.6. The van der Waals surface area contributed by atoms with Crippen molar-refractivity contribution in [2.75, 3.05) is 7.05 Å². The highest BCUT2D eigenvalue weighted by Gasteiger charge is 2.32. The van der Waals surface area contributed by atoms with Gasteiger partial charge in [-0.25, -0.2) is 9.98 Å². The third-order valence-corrected chi connectivity index (χ3v) is 14.9. The van der Waals surface area contributed by atoms with Crippen LogP contribution in [0.1, 0.15) is 22.9 Å². The van der Waals surface area contributed by atoms with Crippen molar-refractivity contribution in [3.05, 3.63) is 253 Å². The fraction of sp³-hybridized carbons (Fsp3) is 0.0303. The van der Waals surface area contributed by atoms with Crippen LogP contribution in [0, 0.1) is 0 Å². The van der Waals surface area contributed by atoms with E-state index in [1.54, 1.807) is 0 Å². The van der Waals surface area contributed by atoms with E-state index >= 15 is 0 Å². The first-order valence-corrected chi connectivity index (χ1v) is 24.6. The number of nitrogens with zero attached hydrogens (tertiary/aromatic N) is 5. The minimum atomic E-state index is -0.532. The Labute approximate surface area is 414 Å². The molecule has 0 saturated carbocycles. The first-order chi connectivity index (χ1) is 35.6. The van der Waals surface area contributed by atoms with Gasteiger partial charge in [0.25, 0.3) is 0 Å². The molecule has 14 aromatic rings. The van der Waals surface area contributed by atoms with Crippen molar-refractivity contribution in [3.63, 3.8) is 0 Å². The fourth-order valence-electron chi connectivity index (χ4n) is 11.6. The highest BCUT2D eigenvalue weighted by molar-refractivity contribution is 6.24. The lowest BCUT2D eigenvalue weighted by Crippen LogP contribution is -2.36. The summed E-state index contributed by atoms with van der Waals surface area (Å²) in [5.74, 6) is 1.48. The molecule has 0 N–H and O–H groups in total. The van der Waals surface area contributed by atoms with Crippen LogP contribution in [0.25, 0.3) is 110 Å². The smallest absolute Gasteiger partial charge is 0.159 e. The molecule has 0 spiro atoms. The molecule has 0 saturated heterocycles. The third kappa shape index (κ3) is 6.15. The van der Waals surface area contributed by atoms with E-state index in [1.165, 1.54) is 37.7 Å². The van der Waals surface area contributed by atoms with E-state index < -0.39 is 6.17 Å². The summed E-state index contributed by atoms with van der Waals surface area (Å²) in [5, 5.41) is 11.7. The van der Waals surface area contributed by atoms with Gasteiger partial charge in [-0.05, 0) is 112 Å². The van der Waals surface area contributed by atoms with E-state index in [4.69, 9.17) is 14.4 Å². The van der Waals surface area contributed by atoms with E-state index in [0.717, 1.165) is 94.4 Å². The molecule has 6 heteroatoms. The Morgan fingerprint density at radius 3 is 1.90 bits per heavy atom. The first-order valence-electron chi connectivity index (χ1n) is 24.6. The number of fused-ring (bicyclic) bond motifs is 12. The molecule has 1 atom stereocenters. The number of amidine groups is 2. The number of hydrogen-bond donors (Lipinski definition) is 0. The number of rotatable bonds is 6. The summed E-state index contributed by atoms with van der Waals surface area (Å²) in [7, 11) is 2.14. The Balaban J connectivity index is 1.01. The van der Waals surface area contributed by atoms with Gasteiger partial charge in [0.1, 0.15) is 17.0 Å². The van der Waals surface area contributed by atoms with Crippen LogP contribution in [0.3, 0.4) is 0 Å². The average Bonchev–Trinajstić information content (AvgIpc) is 4.09. The summed E-state index contributed by atoms with van der Waals surface area (Å²) >= 11 is 0. The van der Waals surface area contributed by atoms with Gasteiger partial charge in [0, 0.05) is 61.7 Å². The average molecular weight is 922 g/mol. The number of benzene rings is 11. The Morgan fingerprint density at radius 2 is 1.06 bits per heavy atom. The highest BCUT2D eigenvalue weighted by atomic mass is 16.3. The van der Waals surface area contributed by atoms with Gasteiger partial charge in [0.2, 0.25) is 0 Å². The second-order valence-electron chi connectivity index (χ2n) is 19.0. The van der Waals surface area contributed by atoms with Crippen molar-refractivity contribution in [1.82, 2.24) is 14.0 Å². The van der Waals surface area contributed by atoms with Gasteiger partial charge in [-0.2, -0.15) is 0 Å². The van der Waals surface area contributed by atoms with Crippen molar-refractivity contribution in [1.29, 1.82) is 0 Å². The van der Waals surface area contributed by atoms with Crippen molar-refractivity contribution >= 4 is 98.8 Å². The molecule has 0 aliphatic carbocycles. The van der Waals surface area contributed by atoms with Crippen LogP contribution < -0.4 is 0 Å². The highest BCUT2D eigenvalue weighted by Crippen LogP contribution is 2.44. The summed E-state index contributed by atoms with van der Waals surface area (Å²) in [6.07, 6.45) is -0.532. The van der Waals surface area contributed by atoms with Gasteiger partial charge in [0.15, 0.2) is 12.0 Å². The molecule has 0 fully saturated rings. The van der Waals surface area contributed by atoms with Crippen LogP contribution in [-0.2, 0) is 0 Å². The molecular formula is C66H43N5O. The van der Waals surface area contributed by atoms with Crippen molar-refractivity contribution in [2.45, 2.75) is 6.17 Å². The maximum atomic E-state index is 6.79. The van der Waals surface area contributed by atoms with E-state index in [2.05, 4.69) is 252 Å². The second-order valence-corrected chi connectivity index (χ2v) is 19.0. The zero-order valence-corrected chi connectivity index (χ0v) is 39.2. The number of furan rings is 1. The van der Waals surface area contributed by atoms with Gasteiger partial charge in [-0.1, -0.05) is 158 Å². The molecule has 3 aromatic heterocycles. The zero-order chi connectivity index (χ0) is 47.4. The molecule has 1 aliphatic rings. The number of para-hydroxylation sites is 3. The lowest BCUT2D eigenvalue weighted by molar-refractivity contribution is 0.382. The van der Waals surface area contributed by atoms with E-state index in [9.17, 15) is 0 Å². The molecule has 0 radical (unpaired) electrons. The van der Waals surface area contributed by atoms with E-state index in [-0.39, 0.29) is 0 Å². The van der Waals surface area contributed by atoms with Crippen molar-refractivity contribution in [2.24, 2.45) is 9.98 Å². The predicted octanol–water partition coefficient (Wildman–Crippen LogP) is 16.6. The molecule has 338 valence electrons. The minimum absolute atomic E-state index is 0.532. The molecule has 15 rings (SSSR count). The van der Waals surface area contributed by atoms with E-state index in [1.807, 2.05) is 6.07 Å². The van der Waals surface area contributed by atoms with Crippen LogP contribution in [0.2, 0.25) is 0 Å². The van der Waals surface area contributed by atoms with Crippen LogP contribution in [0.5, 0.6) is 0 Å². The van der Waals surface area contributed by atoms with Gasteiger partial charge in [0.05, 0.1) is 27.8 Å². The largest absolute Gasteiger partial charge is 0.456 e.